The van der Waals surface area contributed by atoms with Gasteiger partial charge < -0.3 is 15.3 Å². The molecule has 0 saturated carbocycles. The number of aliphatic hydroxyl groups excluding tert-OH is 1. The van der Waals surface area contributed by atoms with Crippen molar-refractivity contribution >= 4 is 27.5 Å². The van der Waals surface area contributed by atoms with E-state index in [0.29, 0.717) is 11.6 Å². The lowest BCUT2D eigenvalue weighted by molar-refractivity contribution is 0.110. The van der Waals surface area contributed by atoms with Gasteiger partial charge in [0.2, 0.25) is 0 Å². The highest BCUT2D eigenvalue weighted by molar-refractivity contribution is 7.91. The summed E-state index contributed by atoms with van der Waals surface area (Å²) in [4.78, 5) is 13.3. The van der Waals surface area contributed by atoms with Gasteiger partial charge in [-0.15, -0.1) is 0 Å². The number of aliphatic hydroxyl groups is 1. The van der Waals surface area contributed by atoms with Gasteiger partial charge in [0.25, 0.3) is 0 Å². The Morgan fingerprint density at radius 3 is 2.70 bits per heavy atom. The van der Waals surface area contributed by atoms with Crippen molar-refractivity contribution in [3.8, 4) is 0 Å². The Morgan fingerprint density at radius 2 is 2.09 bits per heavy atom. The molecule has 1 aliphatic heterocycles. The Kier molecular flexibility index (Phi) is 5.89. The maximum absolute atomic E-state index is 12.0. The molecule has 2 atom stereocenters. The van der Waals surface area contributed by atoms with Crippen LogP contribution in [0.4, 0.5) is 4.79 Å². The predicted octanol–water partition coefficient (Wildman–Crippen LogP) is 1.07. The summed E-state index contributed by atoms with van der Waals surface area (Å²) in [7, 11) is -1.78. The molecule has 0 bridgehead atoms. The molecule has 0 spiro atoms. The summed E-state index contributed by atoms with van der Waals surface area (Å²) >= 11 is 6.06. The molecule has 1 aromatic carbocycles. The van der Waals surface area contributed by atoms with Crippen LogP contribution in [-0.4, -0.2) is 61.7 Å². The van der Waals surface area contributed by atoms with Gasteiger partial charge in [-0.1, -0.05) is 29.8 Å². The van der Waals surface area contributed by atoms with E-state index < -0.39 is 22.0 Å². The van der Waals surface area contributed by atoms with Gasteiger partial charge >= 0.3 is 6.03 Å². The molecule has 6 nitrogen and oxygen atoms in total. The Morgan fingerprint density at radius 1 is 1.39 bits per heavy atom. The summed E-state index contributed by atoms with van der Waals surface area (Å²) in [6.45, 7) is 0.448. The highest BCUT2D eigenvalue weighted by atomic mass is 35.5. The first kappa shape index (κ1) is 18.0. The summed E-state index contributed by atoms with van der Waals surface area (Å²) in [6, 6.07) is 6.47. The first-order valence-electron chi connectivity index (χ1n) is 7.43. The van der Waals surface area contributed by atoms with Crippen LogP contribution in [0.2, 0.25) is 5.02 Å². The number of hydrogen-bond donors (Lipinski definition) is 2. The van der Waals surface area contributed by atoms with Crippen LogP contribution in [0.5, 0.6) is 0 Å². The van der Waals surface area contributed by atoms with Crippen molar-refractivity contribution in [2.24, 2.45) is 0 Å². The zero-order chi connectivity index (χ0) is 17.0. The molecule has 0 unspecified atom stereocenters. The average molecular weight is 361 g/mol. The summed E-state index contributed by atoms with van der Waals surface area (Å²) in [5.41, 5.74) is 1.02. The van der Waals surface area contributed by atoms with E-state index in [1.165, 1.54) is 11.9 Å². The largest absolute Gasteiger partial charge is 0.390 e. The first-order chi connectivity index (χ1) is 10.8. The Hall–Kier alpha value is -1.31. The van der Waals surface area contributed by atoms with Gasteiger partial charge in [-0.05, 0) is 24.5 Å². The lowest BCUT2D eigenvalue weighted by atomic mass is 10.1. The number of likely N-dealkylation sites (N-methyl/N-ethyl adjacent to an activating group) is 1. The van der Waals surface area contributed by atoms with Gasteiger partial charge in [-0.3, -0.25) is 0 Å². The van der Waals surface area contributed by atoms with Gasteiger partial charge in [-0.2, -0.15) is 0 Å². The molecule has 1 aromatic rings. The normalized spacial score (nSPS) is 22.7. The molecule has 0 aromatic heterocycles. The van der Waals surface area contributed by atoms with Crippen LogP contribution in [0.1, 0.15) is 12.0 Å². The predicted molar refractivity (Wildman–Crippen MR) is 89.4 cm³/mol. The average Bonchev–Trinajstić information content (AvgIpc) is 2.77. The maximum Gasteiger partial charge on any atom is 0.317 e. The number of carbonyl (C=O) groups is 1. The Balaban J connectivity index is 1.78. The minimum absolute atomic E-state index is 0.197. The molecule has 128 valence electrons. The van der Waals surface area contributed by atoms with Crippen LogP contribution in [0.25, 0.3) is 0 Å². The molecule has 2 N–H and O–H groups in total. The number of benzene rings is 1. The van der Waals surface area contributed by atoms with Gasteiger partial charge in [-0.25, -0.2) is 13.2 Å². The van der Waals surface area contributed by atoms with Crippen LogP contribution >= 0.6 is 11.6 Å². The molecule has 0 aliphatic carbocycles. The minimum Gasteiger partial charge on any atom is -0.390 e. The molecule has 0 radical (unpaired) electrons. The summed E-state index contributed by atoms with van der Waals surface area (Å²) < 4.78 is 23.0. The van der Waals surface area contributed by atoms with Gasteiger partial charge in [0.05, 0.1) is 23.7 Å². The third-order valence-electron chi connectivity index (χ3n) is 3.97. The van der Waals surface area contributed by atoms with Crippen molar-refractivity contribution in [3.05, 3.63) is 34.9 Å². The molecule has 2 rings (SSSR count). The van der Waals surface area contributed by atoms with E-state index in [0.717, 1.165) is 18.4 Å². The number of hydrogen-bond acceptors (Lipinski definition) is 4. The van der Waals surface area contributed by atoms with E-state index in [4.69, 9.17) is 11.6 Å². The zero-order valence-corrected chi connectivity index (χ0v) is 14.5. The van der Waals surface area contributed by atoms with Crippen LogP contribution in [0, 0.1) is 0 Å². The Labute approximate surface area is 141 Å². The number of rotatable bonds is 5. The van der Waals surface area contributed by atoms with E-state index in [9.17, 15) is 18.3 Å². The minimum atomic E-state index is -3.28. The molecule has 23 heavy (non-hydrogen) atoms. The summed E-state index contributed by atoms with van der Waals surface area (Å²) in [5, 5.41) is 13.2. The second-order valence-corrected chi connectivity index (χ2v) is 8.31. The molecule has 1 saturated heterocycles. The van der Waals surface area contributed by atoms with Crippen molar-refractivity contribution in [1.29, 1.82) is 0 Å². The van der Waals surface area contributed by atoms with Gasteiger partial charge in [0.15, 0.2) is 9.84 Å². The SMILES string of the molecule is CN(C(=O)NCCCc1ccccc1Cl)[C@@H]1CS(=O)(=O)C[C@H]1O. The highest BCUT2D eigenvalue weighted by Crippen LogP contribution is 2.18. The van der Waals surface area contributed by atoms with Crippen molar-refractivity contribution in [2.45, 2.75) is 25.0 Å². The topological polar surface area (TPSA) is 86.7 Å². The van der Waals surface area contributed by atoms with E-state index in [-0.39, 0.29) is 17.5 Å². The summed E-state index contributed by atoms with van der Waals surface area (Å²) in [5.74, 6) is -0.487. The third kappa shape index (κ3) is 4.83. The van der Waals surface area contributed by atoms with E-state index in [2.05, 4.69) is 5.32 Å². The fourth-order valence-electron chi connectivity index (χ4n) is 2.63. The van der Waals surface area contributed by atoms with Crippen LogP contribution in [-0.2, 0) is 16.3 Å². The molecule has 2 amide bonds. The summed E-state index contributed by atoms with van der Waals surface area (Å²) in [6.07, 6.45) is 0.428. The smallest absolute Gasteiger partial charge is 0.317 e. The van der Waals surface area contributed by atoms with Gasteiger partial charge in [0.1, 0.15) is 0 Å². The lowest BCUT2D eigenvalue weighted by Gasteiger charge is -2.26. The van der Waals surface area contributed by atoms with E-state index in [1.807, 2.05) is 24.3 Å². The molecule has 1 aliphatic rings. The number of sulfone groups is 1. The second kappa shape index (κ2) is 7.51. The Bertz CT molecular complexity index is 665. The number of halogens is 1. The quantitative estimate of drug-likeness (QED) is 0.769. The molecule has 8 heteroatoms. The van der Waals surface area contributed by atoms with Crippen molar-refractivity contribution in [3.63, 3.8) is 0 Å². The number of carbonyl (C=O) groups excluding carboxylic acids is 1. The van der Waals surface area contributed by atoms with Crippen molar-refractivity contribution in [2.75, 3.05) is 25.1 Å². The lowest BCUT2D eigenvalue weighted by Crippen LogP contribution is -2.48. The van der Waals surface area contributed by atoms with Crippen molar-refractivity contribution in [1.82, 2.24) is 10.2 Å². The van der Waals surface area contributed by atoms with E-state index in [1.54, 1.807) is 0 Å². The first-order valence-corrected chi connectivity index (χ1v) is 9.62. The molecular formula is C15H21ClN2O4S. The van der Waals surface area contributed by atoms with Crippen LogP contribution in [0.3, 0.4) is 0 Å². The third-order valence-corrected chi connectivity index (χ3v) is 6.04. The number of nitrogens with zero attached hydrogens (tertiary/aromatic N) is 1. The van der Waals surface area contributed by atoms with Gasteiger partial charge in [0, 0.05) is 18.6 Å². The molecule has 1 fully saturated rings. The van der Waals surface area contributed by atoms with Crippen molar-refractivity contribution < 1.29 is 18.3 Å². The number of nitrogens with one attached hydrogen (secondary N) is 1. The number of aryl methyl sites for hydroxylation is 1. The molecule has 1 heterocycles. The second-order valence-electron chi connectivity index (χ2n) is 5.75. The monoisotopic (exact) mass is 360 g/mol. The number of amides is 2. The zero-order valence-electron chi connectivity index (χ0n) is 12.9. The fraction of sp³-hybridized carbons (Fsp3) is 0.533. The molecular weight excluding hydrogens is 340 g/mol. The van der Waals surface area contributed by atoms with Crippen LogP contribution in [0.15, 0.2) is 24.3 Å². The maximum atomic E-state index is 12.0. The standard InChI is InChI=1S/C15H21ClN2O4S/c1-18(13-9-23(21,22)10-14(13)19)15(20)17-8-4-6-11-5-2-3-7-12(11)16/h2-3,5,7,13-14,19H,4,6,8-10H2,1H3,(H,17,20)/t13-,14-/m1/s1. The fourth-order valence-corrected chi connectivity index (χ4v) is 4.71. The van der Waals surface area contributed by atoms with Crippen LogP contribution < -0.4 is 5.32 Å². The number of urea groups is 1. The van der Waals surface area contributed by atoms with E-state index >= 15 is 0 Å². The highest BCUT2D eigenvalue weighted by Gasteiger charge is 2.40.